The summed E-state index contributed by atoms with van der Waals surface area (Å²) in [6.45, 7) is 5.14. The van der Waals surface area contributed by atoms with Gasteiger partial charge >= 0.3 is 0 Å². The lowest BCUT2D eigenvalue weighted by molar-refractivity contribution is 0.0231. The minimum Gasteiger partial charge on any atom is -0.393 e. The molecule has 0 spiro atoms. The van der Waals surface area contributed by atoms with Crippen LogP contribution in [0.4, 0.5) is 0 Å². The summed E-state index contributed by atoms with van der Waals surface area (Å²) in [6, 6.07) is 0. The van der Waals surface area contributed by atoms with Gasteiger partial charge in [-0.1, -0.05) is 46.0 Å². The highest BCUT2D eigenvalue weighted by Gasteiger charge is 2.42. The Balaban J connectivity index is 2.38. The predicted octanol–water partition coefficient (Wildman–Crippen LogP) is 3.47. The van der Waals surface area contributed by atoms with Crippen molar-refractivity contribution in [1.82, 2.24) is 0 Å². The molecule has 1 aliphatic rings. The second-order valence-corrected chi connectivity index (χ2v) is 5.95. The normalized spacial score (nSPS) is 30.7. The number of hydrogen-bond donors (Lipinski definition) is 2. The first-order valence-corrected chi connectivity index (χ1v) is 7.56. The molecular formula is C15H31NO. The molecule has 17 heavy (non-hydrogen) atoms. The van der Waals surface area contributed by atoms with Crippen LogP contribution < -0.4 is 5.73 Å². The molecule has 0 aromatic carbocycles. The summed E-state index contributed by atoms with van der Waals surface area (Å²) in [7, 11) is 0. The van der Waals surface area contributed by atoms with Crippen molar-refractivity contribution in [3.8, 4) is 0 Å². The van der Waals surface area contributed by atoms with Gasteiger partial charge in [0.25, 0.3) is 0 Å². The number of aliphatic hydroxyl groups is 1. The van der Waals surface area contributed by atoms with E-state index < -0.39 is 0 Å². The molecular weight excluding hydrogens is 210 g/mol. The van der Waals surface area contributed by atoms with Gasteiger partial charge in [0.2, 0.25) is 0 Å². The molecule has 0 aromatic rings. The Kier molecular flexibility index (Phi) is 6.50. The molecule has 1 aliphatic carbocycles. The number of nitrogens with two attached hydrogens (primary N) is 1. The Morgan fingerprint density at radius 1 is 1.29 bits per heavy atom. The van der Waals surface area contributed by atoms with E-state index in [-0.39, 0.29) is 11.5 Å². The average Bonchev–Trinajstić information content (AvgIpc) is 2.79. The molecule has 0 aromatic heterocycles. The van der Waals surface area contributed by atoms with Crippen LogP contribution in [0.2, 0.25) is 0 Å². The van der Waals surface area contributed by atoms with Crippen LogP contribution in [-0.2, 0) is 0 Å². The van der Waals surface area contributed by atoms with Gasteiger partial charge in [-0.3, -0.25) is 0 Å². The Bertz CT molecular complexity index is 207. The van der Waals surface area contributed by atoms with E-state index in [0.717, 1.165) is 31.6 Å². The summed E-state index contributed by atoms with van der Waals surface area (Å²) in [6.07, 6.45) is 10.5. The molecule has 3 unspecified atom stereocenters. The number of hydrogen-bond acceptors (Lipinski definition) is 2. The maximum atomic E-state index is 10.4. The predicted molar refractivity (Wildman–Crippen MR) is 73.9 cm³/mol. The summed E-state index contributed by atoms with van der Waals surface area (Å²) in [5, 5.41) is 10.4. The lowest BCUT2D eigenvalue weighted by Gasteiger charge is -2.33. The van der Waals surface area contributed by atoms with Gasteiger partial charge in [-0.15, -0.1) is 0 Å². The van der Waals surface area contributed by atoms with Crippen LogP contribution in [0.15, 0.2) is 0 Å². The standard InChI is InChI=1S/C15H31NO/c1-3-5-6-7-8-14(17)15(12-16)10-9-13(4-2)11-15/h13-14,17H,3-12,16H2,1-2H3. The molecule has 3 atom stereocenters. The molecule has 3 N–H and O–H groups in total. The van der Waals surface area contributed by atoms with Crippen LogP contribution >= 0.6 is 0 Å². The first-order valence-electron chi connectivity index (χ1n) is 7.56. The maximum absolute atomic E-state index is 10.4. The lowest BCUT2D eigenvalue weighted by atomic mass is 9.77. The van der Waals surface area contributed by atoms with E-state index in [1.807, 2.05) is 0 Å². The molecule has 0 amide bonds. The van der Waals surface area contributed by atoms with Gasteiger partial charge in [-0.25, -0.2) is 0 Å². The lowest BCUT2D eigenvalue weighted by Crippen LogP contribution is -2.39. The van der Waals surface area contributed by atoms with Crippen LogP contribution in [0.1, 0.15) is 71.6 Å². The van der Waals surface area contributed by atoms with Crippen LogP contribution in [0.25, 0.3) is 0 Å². The van der Waals surface area contributed by atoms with E-state index in [0.29, 0.717) is 6.54 Å². The van der Waals surface area contributed by atoms with Crippen molar-refractivity contribution in [2.24, 2.45) is 17.1 Å². The average molecular weight is 241 g/mol. The third kappa shape index (κ3) is 3.96. The Labute approximate surface area is 107 Å². The highest BCUT2D eigenvalue weighted by molar-refractivity contribution is 4.94. The van der Waals surface area contributed by atoms with Gasteiger partial charge in [0.1, 0.15) is 0 Å². The fourth-order valence-corrected chi connectivity index (χ4v) is 3.31. The third-order valence-corrected chi connectivity index (χ3v) is 4.77. The van der Waals surface area contributed by atoms with Crippen molar-refractivity contribution < 1.29 is 5.11 Å². The zero-order chi connectivity index (χ0) is 12.7. The fraction of sp³-hybridized carbons (Fsp3) is 1.00. The van der Waals surface area contributed by atoms with Crippen molar-refractivity contribution in [3.63, 3.8) is 0 Å². The molecule has 102 valence electrons. The highest BCUT2D eigenvalue weighted by Crippen LogP contribution is 2.46. The van der Waals surface area contributed by atoms with Crippen LogP contribution in [-0.4, -0.2) is 17.8 Å². The van der Waals surface area contributed by atoms with Gasteiger partial charge in [-0.05, 0) is 31.6 Å². The highest BCUT2D eigenvalue weighted by atomic mass is 16.3. The molecule has 2 nitrogen and oxygen atoms in total. The smallest absolute Gasteiger partial charge is 0.0608 e. The van der Waals surface area contributed by atoms with Crippen molar-refractivity contribution in [3.05, 3.63) is 0 Å². The molecule has 1 rings (SSSR count). The second kappa shape index (κ2) is 7.38. The van der Waals surface area contributed by atoms with Gasteiger partial charge < -0.3 is 10.8 Å². The number of rotatable bonds is 8. The van der Waals surface area contributed by atoms with Gasteiger partial charge in [0.05, 0.1) is 6.10 Å². The number of aliphatic hydroxyl groups excluding tert-OH is 1. The third-order valence-electron chi connectivity index (χ3n) is 4.77. The summed E-state index contributed by atoms with van der Waals surface area (Å²) >= 11 is 0. The number of unbranched alkanes of at least 4 members (excludes halogenated alkanes) is 3. The first kappa shape index (κ1) is 15.0. The summed E-state index contributed by atoms with van der Waals surface area (Å²) in [5.41, 5.74) is 6.01. The minimum atomic E-state index is -0.166. The fourth-order valence-electron chi connectivity index (χ4n) is 3.31. The molecule has 1 saturated carbocycles. The van der Waals surface area contributed by atoms with E-state index >= 15 is 0 Å². The van der Waals surface area contributed by atoms with Crippen molar-refractivity contribution >= 4 is 0 Å². The van der Waals surface area contributed by atoms with Crippen LogP contribution in [0, 0.1) is 11.3 Å². The molecule has 0 radical (unpaired) electrons. The Morgan fingerprint density at radius 2 is 2.06 bits per heavy atom. The minimum absolute atomic E-state index is 0.0485. The Hall–Kier alpha value is -0.0800. The topological polar surface area (TPSA) is 46.2 Å². The van der Waals surface area contributed by atoms with E-state index in [9.17, 15) is 5.11 Å². The largest absolute Gasteiger partial charge is 0.393 e. The van der Waals surface area contributed by atoms with E-state index in [4.69, 9.17) is 5.73 Å². The summed E-state index contributed by atoms with van der Waals surface area (Å²) in [5.74, 6) is 0.795. The molecule has 2 heteroatoms. The molecule has 0 saturated heterocycles. The Morgan fingerprint density at radius 3 is 2.59 bits per heavy atom. The molecule has 0 heterocycles. The van der Waals surface area contributed by atoms with Gasteiger partial charge in [-0.2, -0.15) is 0 Å². The van der Waals surface area contributed by atoms with E-state index in [1.54, 1.807) is 0 Å². The van der Waals surface area contributed by atoms with Gasteiger partial charge in [0, 0.05) is 12.0 Å². The zero-order valence-electron chi connectivity index (χ0n) is 11.8. The van der Waals surface area contributed by atoms with E-state index in [1.165, 1.54) is 32.1 Å². The maximum Gasteiger partial charge on any atom is 0.0608 e. The quantitative estimate of drug-likeness (QED) is 0.639. The first-order chi connectivity index (χ1) is 8.18. The molecule has 0 aliphatic heterocycles. The van der Waals surface area contributed by atoms with Crippen molar-refractivity contribution in [2.45, 2.75) is 77.7 Å². The van der Waals surface area contributed by atoms with Gasteiger partial charge in [0.15, 0.2) is 0 Å². The second-order valence-electron chi connectivity index (χ2n) is 5.95. The molecule has 1 fully saturated rings. The van der Waals surface area contributed by atoms with E-state index in [2.05, 4.69) is 13.8 Å². The monoisotopic (exact) mass is 241 g/mol. The van der Waals surface area contributed by atoms with Crippen molar-refractivity contribution in [1.29, 1.82) is 0 Å². The van der Waals surface area contributed by atoms with Crippen LogP contribution in [0.3, 0.4) is 0 Å². The van der Waals surface area contributed by atoms with Crippen LogP contribution in [0.5, 0.6) is 0 Å². The van der Waals surface area contributed by atoms with Crippen molar-refractivity contribution in [2.75, 3.05) is 6.54 Å². The SMILES string of the molecule is CCCCCCC(O)C1(CN)CCC(CC)C1. The zero-order valence-corrected chi connectivity index (χ0v) is 11.8. The summed E-state index contributed by atoms with van der Waals surface area (Å²) < 4.78 is 0. The summed E-state index contributed by atoms with van der Waals surface area (Å²) in [4.78, 5) is 0. The molecule has 0 bridgehead atoms.